The third kappa shape index (κ3) is 4.66. The molecule has 0 aliphatic carbocycles. The molecule has 0 aliphatic rings. The topological polar surface area (TPSA) is 71.5 Å². The molecule has 0 saturated heterocycles. The molecule has 0 bridgehead atoms. The number of fused-ring (bicyclic) bond motifs is 1. The summed E-state index contributed by atoms with van der Waals surface area (Å²) in [6.45, 7) is 5.85. The Morgan fingerprint density at radius 3 is 2.49 bits per heavy atom. The lowest BCUT2D eigenvalue weighted by molar-refractivity contribution is -0.136. The number of hydrogen-bond donors (Lipinski definition) is 1. The summed E-state index contributed by atoms with van der Waals surface area (Å²) in [6.07, 6.45) is 3.00. The van der Waals surface area contributed by atoms with E-state index in [9.17, 15) is 18.4 Å². The van der Waals surface area contributed by atoms with Gasteiger partial charge in [0.15, 0.2) is 0 Å². The van der Waals surface area contributed by atoms with Gasteiger partial charge in [0.1, 0.15) is 6.07 Å². The van der Waals surface area contributed by atoms with Crippen molar-refractivity contribution in [3.8, 4) is 28.7 Å². The molecule has 2 aromatic carbocycles. The van der Waals surface area contributed by atoms with Crippen molar-refractivity contribution in [3.63, 3.8) is 0 Å². The van der Waals surface area contributed by atoms with Crippen LogP contribution >= 0.6 is 0 Å². The van der Waals surface area contributed by atoms with Gasteiger partial charge in [0.05, 0.1) is 40.0 Å². The Balaban J connectivity index is 1.71. The maximum absolute atomic E-state index is 14.3. The van der Waals surface area contributed by atoms with E-state index in [-0.39, 0.29) is 10.9 Å². The van der Waals surface area contributed by atoms with E-state index in [2.05, 4.69) is 21.4 Å². The minimum Gasteiger partial charge on any atom is -0.379 e. The lowest BCUT2D eigenvalue weighted by Gasteiger charge is -2.23. The molecule has 0 spiro atoms. The minimum absolute atomic E-state index is 0.0554. The fourth-order valence-corrected chi connectivity index (χ4v) is 4.32. The van der Waals surface area contributed by atoms with Crippen LogP contribution in [0.4, 0.5) is 18.9 Å². The molecular weight excluding hydrogens is 477 g/mol. The molecule has 37 heavy (non-hydrogen) atoms. The number of rotatable bonds is 4. The zero-order chi connectivity index (χ0) is 26.4. The molecule has 5 aromatic rings. The smallest absolute Gasteiger partial charge is 0.379 e. The lowest BCUT2D eigenvalue weighted by Crippen LogP contribution is -2.26. The number of hydrogen-bond acceptors (Lipinski definition) is 4. The maximum Gasteiger partial charge on any atom is 0.418 e. The van der Waals surface area contributed by atoms with Crippen LogP contribution in [-0.4, -0.2) is 24.6 Å². The van der Waals surface area contributed by atoms with Crippen LogP contribution in [0.15, 0.2) is 79.6 Å². The predicted molar refractivity (Wildman–Crippen MR) is 137 cm³/mol. The second kappa shape index (κ2) is 8.82. The zero-order valence-electron chi connectivity index (χ0n) is 20.4. The highest BCUT2D eigenvalue weighted by molar-refractivity contribution is 5.94. The van der Waals surface area contributed by atoms with Crippen molar-refractivity contribution in [1.82, 2.24) is 19.1 Å². The van der Waals surface area contributed by atoms with Gasteiger partial charge in [-0.1, -0.05) is 6.07 Å². The molecule has 1 N–H and O–H groups in total. The van der Waals surface area contributed by atoms with Crippen molar-refractivity contribution in [2.75, 3.05) is 5.32 Å². The van der Waals surface area contributed by atoms with Gasteiger partial charge in [-0.05, 0) is 63.2 Å². The largest absolute Gasteiger partial charge is 0.418 e. The van der Waals surface area contributed by atoms with Crippen molar-refractivity contribution in [2.24, 2.45) is 0 Å². The minimum atomic E-state index is -4.59. The van der Waals surface area contributed by atoms with E-state index in [1.54, 1.807) is 65.6 Å². The summed E-state index contributed by atoms with van der Waals surface area (Å²) < 4.78 is 46.1. The van der Waals surface area contributed by atoms with Gasteiger partial charge in [-0.2, -0.15) is 18.4 Å². The van der Waals surface area contributed by atoms with E-state index >= 15 is 0 Å². The van der Waals surface area contributed by atoms with Gasteiger partial charge in [-0.3, -0.25) is 4.98 Å². The number of aromatic nitrogens is 4. The van der Waals surface area contributed by atoms with Crippen LogP contribution in [0.5, 0.6) is 0 Å². The van der Waals surface area contributed by atoms with E-state index in [0.717, 1.165) is 11.8 Å². The Labute approximate surface area is 211 Å². The number of alkyl halides is 3. The number of imidazole rings is 1. The first-order valence-corrected chi connectivity index (χ1v) is 11.5. The Hall–Kier alpha value is -4.58. The first-order chi connectivity index (χ1) is 17.5. The number of nitrogens with zero attached hydrogens (tertiary/aromatic N) is 5. The molecule has 3 aromatic heterocycles. The van der Waals surface area contributed by atoms with Crippen molar-refractivity contribution in [1.29, 1.82) is 5.26 Å². The molecule has 6 nitrogen and oxygen atoms in total. The number of nitriles is 1. The van der Waals surface area contributed by atoms with Crippen molar-refractivity contribution < 1.29 is 13.2 Å². The standard InChI is InChI=1S/C28H23F3N6/c1-27(2,3)35-22-12-20(10-9-18(22)13-32)37-15-21(28(29,30)31)26-24(7-4-8-25(26)37)36-16-23(34-17-36)19-6-5-11-33-14-19/h4-12,14-17,35H,1-3H3. The molecule has 186 valence electrons. The van der Waals surface area contributed by atoms with Gasteiger partial charge >= 0.3 is 6.18 Å². The third-order valence-corrected chi connectivity index (χ3v) is 5.84. The summed E-state index contributed by atoms with van der Waals surface area (Å²) >= 11 is 0. The van der Waals surface area contributed by atoms with E-state index in [1.165, 1.54) is 10.9 Å². The second-order valence-electron chi connectivity index (χ2n) is 9.71. The maximum atomic E-state index is 14.3. The van der Waals surface area contributed by atoms with E-state index < -0.39 is 11.7 Å². The molecule has 5 rings (SSSR count). The fraction of sp³-hybridized carbons (Fsp3) is 0.179. The fourth-order valence-electron chi connectivity index (χ4n) is 4.32. The van der Waals surface area contributed by atoms with Gasteiger partial charge < -0.3 is 14.5 Å². The monoisotopic (exact) mass is 500 g/mol. The number of anilines is 1. The molecule has 0 aliphatic heterocycles. The quantitative estimate of drug-likeness (QED) is 0.289. The van der Waals surface area contributed by atoms with Gasteiger partial charge in [-0.15, -0.1) is 0 Å². The van der Waals surface area contributed by atoms with Gasteiger partial charge in [0, 0.05) is 47.0 Å². The van der Waals surface area contributed by atoms with E-state index in [1.807, 2.05) is 26.8 Å². The highest BCUT2D eigenvalue weighted by atomic mass is 19.4. The van der Waals surface area contributed by atoms with Crippen LogP contribution in [0, 0.1) is 11.3 Å². The normalized spacial score (nSPS) is 12.0. The van der Waals surface area contributed by atoms with Crippen LogP contribution in [0.25, 0.3) is 33.5 Å². The summed E-state index contributed by atoms with van der Waals surface area (Å²) in [6, 6.07) is 15.7. The summed E-state index contributed by atoms with van der Waals surface area (Å²) in [7, 11) is 0. The molecule has 0 amide bonds. The van der Waals surface area contributed by atoms with E-state index in [4.69, 9.17) is 0 Å². The van der Waals surface area contributed by atoms with Crippen LogP contribution in [0.2, 0.25) is 0 Å². The van der Waals surface area contributed by atoms with Crippen molar-refractivity contribution in [2.45, 2.75) is 32.5 Å². The Bertz CT molecular complexity index is 1630. The average Bonchev–Trinajstić information content (AvgIpc) is 3.49. The molecule has 0 unspecified atom stereocenters. The van der Waals surface area contributed by atoms with Crippen molar-refractivity contribution >= 4 is 16.6 Å². The van der Waals surface area contributed by atoms with Crippen LogP contribution in [0.1, 0.15) is 31.9 Å². The molecule has 9 heteroatoms. The second-order valence-corrected chi connectivity index (χ2v) is 9.71. The number of benzene rings is 2. The van der Waals surface area contributed by atoms with Gasteiger partial charge in [-0.25, -0.2) is 4.98 Å². The Kier molecular flexibility index (Phi) is 5.75. The molecule has 0 atom stereocenters. The number of halogens is 3. The summed E-state index contributed by atoms with van der Waals surface area (Å²) in [5.74, 6) is 0. The number of pyridine rings is 1. The Morgan fingerprint density at radius 1 is 1.00 bits per heavy atom. The lowest BCUT2D eigenvalue weighted by atomic mass is 10.1. The first kappa shape index (κ1) is 24.1. The third-order valence-electron chi connectivity index (χ3n) is 5.84. The van der Waals surface area contributed by atoms with Gasteiger partial charge in [0.2, 0.25) is 0 Å². The van der Waals surface area contributed by atoms with Crippen LogP contribution in [0.3, 0.4) is 0 Å². The summed E-state index contributed by atoms with van der Waals surface area (Å²) in [4.78, 5) is 8.48. The summed E-state index contributed by atoms with van der Waals surface area (Å²) in [5, 5.41) is 12.9. The average molecular weight is 501 g/mol. The molecule has 3 heterocycles. The van der Waals surface area contributed by atoms with Crippen LogP contribution in [-0.2, 0) is 6.18 Å². The highest BCUT2D eigenvalue weighted by Crippen LogP contribution is 2.40. The highest BCUT2D eigenvalue weighted by Gasteiger charge is 2.36. The molecule has 0 saturated carbocycles. The first-order valence-electron chi connectivity index (χ1n) is 11.5. The SMILES string of the molecule is CC(C)(C)Nc1cc(-n2cc(C(F)(F)F)c3c(-n4cnc(-c5cccnc5)c4)cccc32)ccc1C#N. The molecule has 0 fully saturated rings. The number of nitrogens with one attached hydrogen (secondary N) is 1. The van der Waals surface area contributed by atoms with Crippen LogP contribution < -0.4 is 5.32 Å². The Morgan fingerprint density at radius 2 is 1.81 bits per heavy atom. The van der Waals surface area contributed by atoms with Gasteiger partial charge in [0.25, 0.3) is 0 Å². The summed E-state index contributed by atoms with van der Waals surface area (Å²) in [5.41, 5.74) is 2.46. The molecule has 0 radical (unpaired) electrons. The molecular formula is C28H23F3N6. The zero-order valence-corrected chi connectivity index (χ0v) is 20.4. The van der Waals surface area contributed by atoms with E-state index in [0.29, 0.717) is 33.8 Å². The predicted octanol–water partition coefficient (Wildman–Crippen LogP) is 6.98. The van der Waals surface area contributed by atoms with Crippen molar-refractivity contribution in [3.05, 3.63) is 90.8 Å².